The van der Waals surface area contributed by atoms with Crippen molar-refractivity contribution in [1.82, 2.24) is 15.6 Å². The van der Waals surface area contributed by atoms with Gasteiger partial charge in [0.05, 0.1) is 12.7 Å². The molecule has 0 saturated heterocycles. The molecule has 3 unspecified atom stereocenters. The number of hydrogen-bond acceptors (Lipinski definition) is 3. The largest absolute Gasteiger partial charge is 0.444 e. The van der Waals surface area contributed by atoms with Gasteiger partial charge in [-0.3, -0.25) is 0 Å². The van der Waals surface area contributed by atoms with Crippen molar-refractivity contribution in [2.45, 2.75) is 31.8 Å². The van der Waals surface area contributed by atoms with Crippen molar-refractivity contribution in [1.29, 1.82) is 0 Å². The van der Waals surface area contributed by atoms with E-state index in [1.807, 2.05) is 6.07 Å². The van der Waals surface area contributed by atoms with Crippen LogP contribution in [0.3, 0.4) is 0 Å². The van der Waals surface area contributed by atoms with Gasteiger partial charge >= 0.3 is 6.03 Å². The highest BCUT2D eigenvalue weighted by molar-refractivity contribution is 5.75. The first-order valence-electron chi connectivity index (χ1n) is 7.36. The number of amides is 2. The lowest BCUT2D eigenvalue weighted by molar-refractivity contribution is 0.238. The molecule has 1 aromatic heterocycles. The normalized spacial score (nSPS) is 24.5. The predicted octanol–water partition coefficient (Wildman–Crippen LogP) is 2.26. The van der Waals surface area contributed by atoms with Crippen LogP contribution in [-0.2, 0) is 13.0 Å². The zero-order valence-electron chi connectivity index (χ0n) is 12.1. The summed E-state index contributed by atoms with van der Waals surface area (Å²) in [5, 5.41) is 5.74. The van der Waals surface area contributed by atoms with Crippen LogP contribution in [0.4, 0.5) is 9.18 Å². The van der Waals surface area contributed by atoms with Crippen LogP contribution < -0.4 is 10.6 Å². The van der Waals surface area contributed by atoms with Gasteiger partial charge in [-0.05, 0) is 35.6 Å². The lowest BCUT2D eigenvalue weighted by Gasteiger charge is -2.10. The van der Waals surface area contributed by atoms with E-state index in [-0.39, 0.29) is 17.9 Å². The first-order valence-corrected chi connectivity index (χ1v) is 7.36. The second kappa shape index (κ2) is 4.83. The quantitative estimate of drug-likeness (QED) is 0.914. The number of carbonyl (C=O) groups excluding carboxylic acids is 1. The molecular formula is C16H16FN3O2. The topological polar surface area (TPSA) is 67.2 Å². The van der Waals surface area contributed by atoms with E-state index in [2.05, 4.69) is 15.6 Å². The Morgan fingerprint density at radius 3 is 3.14 bits per heavy atom. The lowest BCUT2D eigenvalue weighted by atomic mass is 10.0. The monoisotopic (exact) mass is 301 g/mol. The summed E-state index contributed by atoms with van der Waals surface area (Å²) in [5.41, 5.74) is 2.24. The Balaban J connectivity index is 1.32. The molecular weight excluding hydrogens is 285 g/mol. The van der Waals surface area contributed by atoms with E-state index >= 15 is 0 Å². The minimum Gasteiger partial charge on any atom is -0.444 e. The Morgan fingerprint density at radius 2 is 2.36 bits per heavy atom. The summed E-state index contributed by atoms with van der Waals surface area (Å²) in [6, 6.07) is 4.87. The van der Waals surface area contributed by atoms with Gasteiger partial charge in [-0.1, -0.05) is 6.07 Å². The summed E-state index contributed by atoms with van der Waals surface area (Å²) in [4.78, 5) is 15.9. The maximum atomic E-state index is 13.2. The van der Waals surface area contributed by atoms with Crippen LogP contribution in [0.5, 0.6) is 0 Å². The third-order valence-corrected chi connectivity index (χ3v) is 4.48. The summed E-state index contributed by atoms with van der Waals surface area (Å²) in [5.74, 6) is 1.75. The minimum atomic E-state index is -0.211. The molecule has 6 heteroatoms. The number of aryl methyl sites for hydroxylation is 1. The number of aromatic nitrogens is 1. The molecule has 5 nitrogen and oxygen atoms in total. The van der Waals surface area contributed by atoms with Crippen molar-refractivity contribution in [3.05, 3.63) is 53.0 Å². The van der Waals surface area contributed by atoms with Crippen LogP contribution in [0.15, 0.2) is 28.8 Å². The van der Waals surface area contributed by atoms with E-state index < -0.39 is 0 Å². The highest BCUT2D eigenvalue weighted by atomic mass is 19.1. The number of oxazole rings is 1. The van der Waals surface area contributed by atoms with Crippen molar-refractivity contribution >= 4 is 6.03 Å². The minimum absolute atomic E-state index is 0.148. The van der Waals surface area contributed by atoms with Crippen molar-refractivity contribution in [2.75, 3.05) is 0 Å². The van der Waals surface area contributed by atoms with E-state index in [1.54, 1.807) is 19.2 Å². The van der Waals surface area contributed by atoms with E-state index in [4.69, 9.17) is 4.42 Å². The number of nitrogens with one attached hydrogen (secondary N) is 2. The molecule has 1 saturated carbocycles. The van der Waals surface area contributed by atoms with Crippen molar-refractivity contribution in [3.63, 3.8) is 0 Å². The molecule has 22 heavy (non-hydrogen) atoms. The summed E-state index contributed by atoms with van der Waals surface area (Å²) in [6.07, 6.45) is 2.44. The molecule has 2 amide bonds. The Morgan fingerprint density at radius 1 is 1.50 bits per heavy atom. The number of benzene rings is 1. The standard InChI is InChI=1S/C16H16FN3O2/c1-8-18-6-11(22-8)7-19-16(21)20-15-13-5-9-4-10(17)2-3-12(9)14(13)15/h2-4,6,13-15H,5,7H2,1H3,(H2,19,20,21). The molecule has 4 rings (SSSR count). The van der Waals surface area contributed by atoms with Crippen LogP contribution in [-0.4, -0.2) is 17.1 Å². The summed E-state index contributed by atoms with van der Waals surface area (Å²) < 4.78 is 18.5. The lowest BCUT2D eigenvalue weighted by Crippen LogP contribution is -2.38. The van der Waals surface area contributed by atoms with Gasteiger partial charge in [-0.25, -0.2) is 14.2 Å². The van der Waals surface area contributed by atoms with Crippen molar-refractivity contribution in [3.8, 4) is 0 Å². The fourth-order valence-electron chi connectivity index (χ4n) is 3.44. The molecule has 3 atom stereocenters. The van der Waals surface area contributed by atoms with Crippen LogP contribution in [0.2, 0.25) is 0 Å². The van der Waals surface area contributed by atoms with Gasteiger partial charge in [0.2, 0.25) is 0 Å². The van der Waals surface area contributed by atoms with Gasteiger partial charge in [0.15, 0.2) is 5.89 Å². The predicted molar refractivity (Wildman–Crippen MR) is 76.7 cm³/mol. The van der Waals surface area contributed by atoms with Gasteiger partial charge in [0.25, 0.3) is 0 Å². The van der Waals surface area contributed by atoms with Crippen molar-refractivity contribution < 1.29 is 13.6 Å². The third kappa shape index (κ3) is 2.24. The fourth-order valence-corrected chi connectivity index (χ4v) is 3.44. The van der Waals surface area contributed by atoms with Gasteiger partial charge in [0, 0.05) is 18.9 Å². The molecule has 114 valence electrons. The summed E-state index contributed by atoms with van der Waals surface area (Å²) in [7, 11) is 0. The molecule has 0 bridgehead atoms. The second-order valence-corrected chi connectivity index (χ2v) is 5.94. The van der Waals surface area contributed by atoms with Crippen LogP contribution in [0.1, 0.15) is 28.7 Å². The molecule has 1 aromatic carbocycles. The fraction of sp³-hybridized carbons (Fsp3) is 0.375. The second-order valence-electron chi connectivity index (χ2n) is 5.94. The first kappa shape index (κ1) is 13.3. The number of carbonyl (C=O) groups is 1. The smallest absolute Gasteiger partial charge is 0.315 e. The van der Waals surface area contributed by atoms with E-state index in [0.717, 1.165) is 12.0 Å². The highest BCUT2D eigenvalue weighted by Crippen LogP contribution is 2.56. The first-order chi connectivity index (χ1) is 10.6. The molecule has 2 N–H and O–H groups in total. The number of nitrogens with zero attached hydrogens (tertiary/aromatic N) is 1. The molecule has 0 spiro atoms. The SMILES string of the molecule is Cc1ncc(CNC(=O)NC2C3Cc4cc(F)ccc4C32)o1. The number of urea groups is 1. The Bertz CT molecular complexity index is 743. The maximum absolute atomic E-state index is 13.2. The van der Waals surface area contributed by atoms with Crippen LogP contribution in [0, 0.1) is 18.7 Å². The number of hydrogen-bond donors (Lipinski definition) is 2. The Hall–Kier alpha value is -2.37. The Labute approximate surface area is 126 Å². The molecule has 1 fully saturated rings. The van der Waals surface area contributed by atoms with Gasteiger partial charge in [-0.15, -0.1) is 0 Å². The number of fused-ring (bicyclic) bond motifs is 3. The Kier molecular flexibility index (Phi) is 2.92. The summed E-state index contributed by atoms with van der Waals surface area (Å²) in [6.45, 7) is 2.08. The molecule has 2 aromatic rings. The average molecular weight is 301 g/mol. The summed E-state index contributed by atoms with van der Waals surface area (Å²) >= 11 is 0. The van der Waals surface area contributed by atoms with Gasteiger partial charge in [-0.2, -0.15) is 0 Å². The molecule has 0 aliphatic heterocycles. The zero-order chi connectivity index (χ0) is 15.3. The van der Waals surface area contributed by atoms with E-state index in [1.165, 1.54) is 11.6 Å². The van der Waals surface area contributed by atoms with Crippen LogP contribution >= 0.6 is 0 Å². The zero-order valence-corrected chi connectivity index (χ0v) is 12.1. The van der Waals surface area contributed by atoms with Gasteiger partial charge < -0.3 is 15.1 Å². The maximum Gasteiger partial charge on any atom is 0.315 e. The third-order valence-electron chi connectivity index (χ3n) is 4.48. The average Bonchev–Trinajstić information content (AvgIpc) is 2.85. The number of rotatable bonds is 3. The number of halogens is 1. The van der Waals surface area contributed by atoms with Crippen molar-refractivity contribution in [2.24, 2.45) is 5.92 Å². The van der Waals surface area contributed by atoms with Gasteiger partial charge in [0.1, 0.15) is 11.6 Å². The van der Waals surface area contributed by atoms with E-state index in [9.17, 15) is 9.18 Å². The van der Waals surface area contributed by atoms with E-state index in [0.29, 0.717) is 30.0 Å². The van der Waals surface area contributed by atoms with Crippen LogP contribution in [0.25, 0.3) is 0 Å². The molecule has 2 aliphatic rings. The highest BCUT2D eigenvalue weighted by Gasteiger charge is 2.56. The molecule has 1 heterocycles. The molecule has 2 aliphatic carbocycles. The molecule has 0 radical (unpaired) electrons.